The number of thiol groups is 1. The first-order valence-corrected chi connectivity index (χ1v) is 6.41. The van der Waals surface area contributed by atoms with Crippen molar-refractivity contribution in [2.75, 3.05) is 13.1 Å². The number of amides is 1. The number of rotatable bonds is 3. The number of non-ortho nitro benzene ring substituents is 1. The lowest BCUT2D eigenvalue weighted by molar-refractivity contribution is -0.384. The minimum atomic E-state index is -0.465. The van der Waals surface area contributed by atoms with E-state index in [1.807, 2.05) is 0 Å². The molecule has 1 aliphatic rings. The predicted octanol–water partition coefficient (Wildman–Crippen LogP) is 2.24. The van der Waals surface area contributed by atoms with Crippen molar-refractivity contribution in [1.82, 2.24) is 4.90 Å². The summed E-state index contributed by atoms with van der Waals surface area (Å²) in [6.07, 6.45) is 0.505. The molecule has 1 amide bonds. The minimum absolute atomic E-state index is 0.0209. The lowest BCUT2D eigenvalue weighted by Crippen LogP contribution is -2.29. The zero-order chi connectivity index (χ0) is 13.8. The molecule has 1 heterocycles. The van der Waals surface area contributed by atoms with Gasteiger partial charge in [-0.05, 0) is 24.1 Å². The van der Waals surface area contributed by atoms with E-state index < -0.39 is 4.92 Å². The molecule has 6 nitrogen and oxygen atoms in total. The third-order valence-electron chi connectivity index (χ3n) is 2.93. The zero-order valence-electron chi connectivity index (χ0n) is 10.2. The van der Waals surface area contributed by atoms with Gasteiger partial charge in [-0.3, -0.25) is 10.1 Å². The Balaban J connectivity index is 1.85. The topological polar surface area (TPSA) is 72.7 Å². The van der Waals surface area contributed by atoms with Gasteiger partial charge in [0.15, 0.2) is 0 Å². The SMILES string of the molecule is O=C(OCc1ccc([N+](=O)[O-])cc1)N1CC[C@@H](S)C1. The number of hydrogen-bond acceptors (Lipinski definition) is 5. The minimum Gasteiger partial charge on any atom is -0.445 e. The lowest BCUT2D eigenvalue weighted by atomic mass is 10.2. The summed E-state index contributed by atoms with van der Waals surface area (Å²) in [6.45, 7) is 1.38. The Hall–Kier alpha value is -1.76. The van der Waals surface area contributed by atoms with Crippen LogP contribution < -0.4 is 0 Å². The van der Waals surface area contributed by atoms with E-state index in [1.165, 1.54) is 12.1 Å². The Labute approximate surface area is 115 Å². The lowest BCUT2D eigenvalue weighted by Gasteiger charge is -2.15. The smallest absolute Gasteiger partial charge is 0.410 e. The van der Waals surface area contributed by atoms with Crippen LogP contribution in [-0.4, -0.2) is 34.3 Å². The normalized spacial score (nSPS) is 18.4. The van der Waals surface area contributed by atoms with Crippen LogP contribution in [-0.2, 0) is 11.3 Å². The first-order valence-electron chi connectivity index (χ1n) is 5.89. The van der Waals surface area contributed by atoms with Gasteiger partial charge in [-0.2, -0.15) is 12.6 Å². The van der Waals surface area contributed by atoms with Gasteiger partial charge >= 0.3 is 6.09 Å². The molecule has 0 N–H and O–H groups in total. The van der Waals surface area contributed by atoms with Crippen molar-refractivity contribution in [2.45, 2.75) is 18.3 Å². The molecule has 0 spiro atoms. The molecular formula is C12H14N2O4S. The molecule has 1 fully saturated rings. The number of likely N-dealkylation sites (tertiary alicyclic amines) is 1. The standard InChI is InChI=1S/C12H14N2O4S/c15-12(13-6-5-11(19)7-13)18-8-9-1-3-10(4-2-9)14(16)17/h1-4,11,19H,5-8H2/t11-/m1/s1. The van der Waals surface area contributed by atoms with Gasteiger partial charge in [0, 0.05) is 30.5 Å². The molecule has 1 saturated heterocycles. The van der Waals surface area contributed by atoms with Crippen molar-refractivity contribution < 1.29 is 14.5 Å². The molecule has 102 valence electrons. The van der Waals surface area contributed by atoms with Crippen molar-refractivity contribution in [2.24, 2.45) is 0 Å². The molecule has 0 saturated carbocycles. The van der Waals surface area contributed by atoms with E-state index in [1.54, 1.807) is 17.0 Å². The van der Waals surface area contributed by atoms with Crippen molar-refractivity contribution in [3.05, 3.63) is 39.9 Å². The van der Waals surface area contributed by atoms with Crippen molar-refractivity contribution in [1.29, 1.82) is 0 Å². The number of carbonyl (C=O) groups is 1. The second kappa shape index (κ2) is 5.92. The van der Waals surface area contributed by atoms with Crippen LogP contribution in [0.4, 0.5) is 10.5 Å². The molecule has 0 aliphatic carbocycles. The van der Waals surface area contributed by atoms with Gasteiger partial charge in [-0.25, -0.2) is 4.79 Å². The average Bonchev–Trinajstić information content (AvgIpc) is 2.83. The van der Waals surface area contributed by atoms with E-state index >= 15 is 0 Å². The summed E-state index contributed by atoms with van der Waals surface area (Å²) in [5.41, 5.74) is 0.744. The fourth-order valence-corrected chi connectivity index (χ4v) is 2.17. The highest BCUT2D eigenvalue weighted by Gasteiger charge is 2.24. The number of hydrogen-bond donors (Lipinski definition) is 1. The van der Waals surface area contributed by atoms with Gasteiger partial charge in [0.05, 0.1) is 4.92 Å². The molecule has 19 heavy (non-hydrogen) atoms. The summed E-state index contributed by atoms with van der Waals surface area (Å²) in [5, 5.41) is 10.7. The zero-order valence-corrected chi connectivity index (χ0v) is 11.1. The molecular weight excluding hydrogens is 268 g/mol. The highest BCUT2D eigenvalue weighted by Crippen LogP contribution is 2.16. The van der Waals surface area contributed by atoms with E-state index in [9.17, 15) is 14.9 Å². The van der Waals surface area contributed by atoms with Gasteiger partial charge in [0.1, 0.15) is 6.61 Å². The maximum absolute atomic E-state index is 11.7. The van der Waals surface area contributed by atoms with E-state index in [4.69, 9.17) is 4.74 Å². The van der Waals surface area contributed by atoms with E-state index in [-0.39, 0.29) is 23.6 Å². The largest absolute Gasteiger partial charge is 0.445 e. The molecule has 1 aromatic rings. The van der Waals surface area contributed by atoms with E-state index in [0.29, 0.717) is 13.1 Å². The van der Waals surface area contributed by atoms with E-state index in [2.05, 4.69) is 12.6 Å². The molecule has 1 aromatic carbocycles. The number of carbonyl (C=O) groups excluding carboxylic acids is 1. The summed E-state index contributed by atoms with van der Waals surface area (Å²) < 4.78 is 5.14. The third kappa shape index (κ3) is 3.60. The average molecular weight is 282 g/mol. The van der Waals surface area contributed by atoms with Crippen molar-refractivity contribution >= 4 is 24.4 Å². The predicted molar refractivity (Wildman–Crippen MR) is 72.2 cm³/mol. The molecule has 1 aliphatic heterocycles. The van der Waals surface area contributed by atoms with Gasteiger partial charge in [0.25, 0.3) is 5.69 Å². The van der Waals surface area contributed by atoms with Crippen LogP contribution in [0.1, 0.15) is 12.0 Å². The second-order valence-corrected chi connectivity index (χ2v) is 5.10. The summed E-state index contributed by atoms with van der Waals surface area (Å²) in [6, 6.07) is 5.94. The number of nitro benzene ring substituents is 1. The third-order valence-corrected chi connectivity index (χ3v) is 3.35. The molecule has 0 aromatic heterocycles. The number of benzene rings is 1. The maximum Gasteiger partial charge on any atom is 0.410 e. The second-order valence-electron chi connectivity index (χ2n) is 4.37. The van der Waals surface area contributed by atoms with Gasteiger partial charge in [-0.15, -0.1) is 0 Å². The molecule has 2 rings (SSSR count). The summed E-state index contributed by atoms with van der Waals surface area (Å²) >= 11 is 4.30. The number of ether oxygens (including phenoxy) is 1. The molecule has 7 heteroatoms. The molecule has 0 radical (unpaired) electrons. The number of nitro groups is 1. The van der Waals surface area contributed by atoms with E-state index in [0.717, 1.165) is 12.0 Å². The molecule has 0 unspecified atom stereocenters. The Morgan fingerprint density at radius 1 is 1.47 bits per heavy atom. The van der Waals surface area contributed by atoms with Crippen LogP contribution in [0.3, 0.4) is 0 Å². The van der Waals surface area contributed by atoms with Crippen LogP contribution in [0.25, 0.3) is 0 Å². The van der Waals surface area contributed by atoms with Crippen LogP contribution in [0, 0.1) is 10.1 Å². The quantitative estimate of drug-likeness (QED) is 0.524. The van der Waals surface area contributed by atoms with Gasteiger partial charge < -0.3 is 9.64 Å². The monoisotopic (exact) mass is 282 g/mol. The molecule has 1 atom stereocenters. The van der Waals surface area contributed by atoms with Crippen LogP contribution in [0.2, 0.25) is 0 Å². The number of nitrogens with zero attached hydrogens (tertiary/aromatic N) is 2. The molecule has 0 bridgehead atoms. The fraction of sp³-hybridized carbons (Fsp3) is 0.417. The highest BCUT2D eigenvalue weighted by atomic mass is 32.1. The van der Waals surface area contributed by atoms with Crippen molar-refractivity contribution in [3.63, 3.8) is 0 Å². The summed E-state index contributed by atoms with van der Waals surface area (Å²) in [5.74, 6) is 0. The maximum atomic E-state index is 11.7. The van der Waals surface area contributed by atoms with Crippen LogP contribution in [0.15, 0.2) is 24.3 Å². The Kier molecular flexibility index (Phi) is 4.26. The highest BCUT2D eigenvalue weighted by molar-refractivity contribution is 7.81. The first-order chi connectivity index (χ1) is 9.06. The summed E-state index contributed by atoms with van der Waals surface area (Å²) in [4.78, 5) is 23.3. The Bertz CT molecular complexity index is 477. The fourth-order valence-electron chi connectivity index (χ4n) is 1.86. The van der Waals surface area contributed by atoms with Gasteiger partial charge in [-0.1, -0.05) is 0 Å². The van der Waals surface area contributed by atoms with Gasteiger partial charge in [0.2, 0.25) is 0 Å². The summed E-state index contributed by atoms with van der Waals surface area (Å²) in [7, 11) is 0. The van der Waals surface area contributed by atoms with Crippen LogP contribution >= 0.6 is 12.6 Å². The van der Waals surface area contributed by atoms with Crippen LogP contribution in [0.5, 0.6) is 0 Å². The first kappa shape index (κ1) is 13.7. The Morgan fingerprint density at radius 2 is 2.16 bits per heavy atom. The van der Waals surface area contributed by atoms with Crippen molar-refractivity contribution in [3.8, 4) is 0 Å². The Morgan fingerprint density at radius 3 is 2.68 bits per heavy atom.